The number of amides is 1. The molecule has 0 aromatic heterocycles. The van der Waals surface area contributed by atoms with E-state index in [-0.39, 0.29) is 17.9 Å². The van der Waals surface area contributed by atoms with Crippen molar-refractivity contribution in [2.75, 3.05) is 7.11 Å². The molecule has 2 N–H and O–H groups in total. The Balaban J connectivity index is 1.92. The third-order valence-electron chi connectivity index (χ3n) is 4.69. The number of nitrogens with one attached hydrogen (secondary N) is 1. The fourth-order valence-electron chi connectivity index (χ4n) is 3.39. The molecule has 0 aliphatic heterocycles. The van der Waals surface area contributed by atoms with Crippen LogP contribution < -0.4 is 10.1 Å². The fourth-order valence-corrected chi connectivity index (χ4v) is 3.39. The third kappa shape index (κ3) is 3.44. The lowest BCUT2D eigenvalue weighted by Gasteiger charge is -2.24. The normalized spacial score (nSPS) is 21.2. The Morgan fingerprint density at radius 3 is 2.50 bits per heavy atom. The van der Waals surface area contributed by atoms with Gasteiger partial charge in [-0.15, -0.1) is 0 Å². The highest BCUT2D eigenvalue weighted by atomic mass is 16.5. The van der Waals surface area contributed by atoms with E-state index in [2.05, 4.69) is 5.32 Å². The van der Waals surface area contributed by atoms with E-state index < -0.39 is 6.10 Å². The van der Waals surface area contributed by atoms with E-state index in [1.54, 1.807) is 7.11 Å². The van der Waals surface area contributed by atoms with Gasteiger partial charge in [0.2, 0.25) is 5.91 Å². The Kier molecular flexibility index (Phi) is 5.16. The molecule has 3 unspecified atom stereocenters. The summed E-state index contributed by atoms with van der Waals surface area (Å²) in [6.45, 7) is 0. The third-order valence-corrected chi connectivity index (χ3v) is 4.69. The summed E-state index contributed by atoms with van der Waals surface area (Å²) in [6.07, 6.45) is 1.78. The summed E-state index contributed by atoms with van der Waals surface area (Å²) in [7, 11) is 1.63. The minimum atomic E-state index is -0.543. The smallest absolute Gasteiger partial charge is 0.226 e. The summed E-state index contributed by atoms with van der Waals surface area (Å²) < 4.78 is 5.48. The maximum Gasteiger partial charge on any atom is 0.226 e. The molecule has 24 heavy (non-hydrogen) atoms. The first-order valence-electron chi connectivity index (χ1n) is 8.37. The number of hydrogen-bond acceptors (Lipinski definition) is 3. The van der Waals surface area contributed by atoms with Crippen molar-refractivity contribution in [3.8, 4) is 5.75 Å². The number of carbonyl (C=O) groups is 1. The lowest BCUT2D eigenvalue weighted by molar-refractivity contribution is -0.128. The molecule has 4 nitrogen and oxygen atoms in total. The van der Waals surface area contributed by atoms with Crippen LogP contribution in [0.1, 0.15) is 36.4 Å². The number of benzene rings is 2. The van der Waals surface area contributed by atoms with Gasteiger partial charge in [-0.25, -0.2) is 0 Å². The van der Waals surface area contributed by atoms with Crippen molar-refractivity contribution in [3.05, 3.63) is 65.7 Å². The predicted octanol–water partition coefficient (Wildman–Crippen LogP) is 3.06. The van der Waals surface area contributed by atoms with E-state index in [0.29, 0.717) is 6.42 Å². The van der Waals surface area contributed by atoms with Crippen molar-refractivity contribution >= 4 is 5.91 Å². The van der Waals surface area contributed by atoms with Crippen molar-refractivity contribution in [2.45, 2.75) is 31.4 Å². The first kappa shape index (κ1) is 16.5. The maximum atomic E-state index is 12.7. The molecule has 126 valence electrons. The average molecular weight is 325 g/mol. The van der Waals surface area contributed by atoms with Crippen LogP contribution in [-0.2, 0) is 4.79 Å². The van der Waals surface area contributed by atoms with Gasteiger partial charge in [-0.1, -0.05) is 48.5 Å². The summed E-state index contributed by atoms with van der Waals surface area (Å²) in [5, 5.41) is 13.1. The Labute approximate surface area is 142 Å². The number of aliphatic hydroxyl groups excluding tert-OH is 1. The van der Waals surface area contributed by atoms with Crippen LogP contribution in [0.2, 0.25) is 0 Å². The van der Waals surface area contributed by atoms with Crippen LogP contribution in [0.5, 0.6) is 5.75 Å². The van der Waals surface area contributed by atoms with Gasteiger partial charge < -0.3 is 15.2 Å². The van der Waals surface area contributed by atoms with Gasteiger partial charge in [0.25, 0.3) is 0 Å². The summed E-state index contributed by atoms with van der Waals surface area (Å²) in [4.78, 5) is 12.7. The van der Waals surface area contributed by atoms with E-state index in [1.807, 2.05) is 54.6 Å². The zero-order chi connectivity index (χ0) is 16.9. The number of rotatable bonds is 5. The van der Waals surface area contributed by atoms with E-state index >= 15 is 0 Å². The summed E-state index contributed by atoms with van der Waals surface area (Å²) in [5.41, 5.74) is 1.90. The summed E-state index contributed by atoms with van der Waals surface area (Å²) >= 11 is 0. The van der Waals surface area contributed by atoms with Crippen molar-refractivity contribution in [1.82, 2.24) is 5.32 Å². The molecule has 1 fully saturated rings. The molecule has 0 radical (unpaired) electrons. The van der Waals surface area contributed by atoms with Gasteiger partial charge in [0.15, 0.2) is 0 Å². The largest absolute Gasteiger partial charge is 0.496 e. The van der Waals surface area contributed by atoms with Gasteiger partial charge >= 0.3 is 0 Å². The van der Waals surface area contributed by atoms with Crippen molar-refractivity contribution < 1.29 is 14.6 Å². The number of ether oxygens (including phenoxy) is 1. The number of hydrogen-bond donors (Lipinski definition) is 2. The Morgan fingerprint density at radius 1 is 1.12 bits per heavy atom. The maximum absolute atomic E-state index is 12.7. The summed E-state index contributed by atoms with van der Waals surface area (Å²) in [5.74, 6) is 0.310. The van der Waals surface area contributed by atoms with Gasteiger partial charge in [-0.2, -0.15) is 0 Å². The van der Waals surface area contributed by atoms with Crippen LogP contribution in [0, 0.1) is 5.92 Å². The Bertz CT molecular complexity index is 686. The second-order valence-corrected chi connectivity index (χ2v) is 6.20. The van der Waals surface area contributed by atoms with E-state index in [1.165, 1.54) is 0 Å². The number of aliphatic hydroxyl groups is 1. The van der Waals surface area contributed by atoms with Crippen LogP contribution in [0.4, 0.5) is 0 Å². The lowest BCUT2D eigenvalue weighted by Crippen LogP contribution is -2.37. The van der Waals surface area contributed by atoms with Gasteiger partial charge in [-0.3, -0.25) is 4.79 Å². The molecule has 3 rings (SSSR count). The molecule has 0 saturated heterocycles. The van der Waals surface area contributed by atoms with Crippen molar-refractivity contribution in [2.24, 2.45) is 5.92 Å². The zero-order valence-corrected chi connectivity index (χ0v) is 13.8. The molecule has 3 atom stereocenters. The molecule has 1 amide bonds. The fraction of sp³-hybridized carbons (Fsp3) is 0.350. The highest BCUT2D eigenvalue weighted by molar-refractivity contribution is 5.80. The first-order valence-corrected chi connectivity index (χ1v) is 8.37. The minimum Gasteiger partial charge on any atom is -0.496 e. The second-order valence-electron chi connectivity index (χ2n) is 6.20. The topological polar surface area (TPSA) is 58.6 Å². The van der Waals surface area contributed by atoms with Crippen molar-refractivity contribution in [1.29, 1.82) is 0 Å². The number of para-hydroxylation sites is 1. The van der Waals surface area contributed by atoms with Crippen LogP contribution in [0.25, 0.3) is 0 Å². The molecule has 0 heterocycles. The standard InChI is InChI=1S/C20H23NO3/c1-24-18-13-6-5-10-16(18)19(14-8-3-2-4-9-14)21-20(23)15-11-7-12-17(15)22/h2-6,8-10,13,15,17,19,22H,7,11-12H2,1H3,(H,21,23). The molecule has 2 aromatic rings. The molecule has 2 aromatic carbocycles. The van der Waals surface area contributed by atoms with Crippen LogP contribution >= 0.6 is 0 Å². The number of methoxy groups -OCH3 is 1. The zero-order valence-electron chi connectivity index (χ0n) is 13.8. The monoisotopic (exact) mass is 325 g/mol. The Hall–Kier alpha value is -2.33. The molecular weight excluding hydrogens is 302 g/mol. The molecule has 4 heteroatoms. The van der Waals surface area contributed by atoms with Crippen molar-refractivity contribution in [3.63, 3.8) is 0 Å². The molecule has 0 bridgehead atoms. The summed E-state index contributed by atoms with van der Waals surface area (Å²) in [6, 6.07) is 17.2. The van der Waals surface area contributed by atoms with Crippen LogP contribution in [-0.4, -0.2) is 24.2 Å². The Morgan fingerprint density at radius 2 is 1.83 bits per heavy atom. The van der Waals surface area contributed by atoms with Gasteiger partial charge in [-0.05, 0) is 30.9 Å². The highest BCUT2D eigenvalue weighted by Crippen LogP contribution is 2.32. The van der Waals surface area contributed by atoms with E-state index in [4.69, 9.17) is 4.74 Å². The second kappa shape index (κ2) is 7.49. The predicted molar refractivity (Wildman–Crippen MR) is 92.8 cm³/mol. The van der Waals surface area contributed by atoms with Gasteiger partial charge in [0.05, 0.1) is 25.2 Å². The minimum absolute atomic E-state index is 0.0974. The van der Waals surface area contributed by atoms with E-state index in [0.717, 1.165) is 29.7 Å². The molecule has 1 aliphatic carbocycles. The number of carbonyl (C=O) groups excluding carboxylic acids is 1. The van der Waals surface area contributed by atoms with Crippen LogP contribution in [0.15, 0.2) is 54.6 Å². The molecule has 0 spiro atoms. The molecular formula is C20H23NO3. The van der Waals surface area contributed by atoms with Gasteiger partial charge in [0, 0.05) is 5.56 Å². The molecule has 1 saturated carbocycles. The van der Waals surface area contributed by atoms with E-state index in [9.17, 15) is 9.90 Å². The van der Waals surface area contributed by atoms with Gasteiger partial charge in [0.1, 0.15) is 5.75 Å². The SMILES string of the molecule is COc1ccccc1C(NC(=O)C1CCCC1O)c1ccccc1. The average Bonchev–Trinajstić information content (AvgIpc) is 3.06. The highest BCUT2D eigenvalue weighted by Gasteiger charge is 2.33. The quantitative estimate of drug-likeness (QED) is 0.888. The molecule has 1 aliphatic rings. The first-order chi connectivity index (χ1) is 11.7. The van der Waals surface area contributed by atoms with Crippen LogP contribution in [0.3, 0.4) is 0 Å². The lowest BCUT2D eigenvalue weighted by atomic mass is 9.96.